The van der Waals surface area contributed by atoms with E-state index in [2.05, 4.69) is 5.32 Å². The van der Waals surface area contributed by atoms with Gasteiger partial charge in [0.25, 0.3) is 5.91 Å². The number of fused-ring (bicyclic) bond motifs is 3. The lowest BCUT2D eigenvalue weighted by Crippen LogP contribution is -2.63. The molecule has 37 heavy (non-hydrogen) atoms. The molecular formula is C26H31N3O8. The number of nitrogens with zero attached hydrogens (tertiary/aromatic N) is 1. The van der Waals surface area contributed by atoms with Crippen LogP contribution < -0.4 is 11.1 Å². The molecule has 3 aliphatic rings. The summed E-state index contributed by atoms with van der Waals surface area (Å²) in [6.07, 6.45) is 0.785. The number of phenols is 1. The molecule has 0 aliphatic heterocycles. The van der Waals surface area contributed by atoms with Gasteiger partial charge >= 0.3 is 0 Å². The Morgan fingerprint density at radius 3 is 2.38 bits per heavy atom. The predicted octanol–water partition coefficient (Wildman–Crippen LogP) is 0.319. The van der Waals surface area contributed by atoms with E-state index >= 15 is 0 Å². The molecule has 0 bridgehead atoms. The molecule has 0 radical (unpaired) electrons. The molecule has 1 aromatic carbocycles. The van der Waals surface area contributed by atoms with Gasteiger partial charge < -0.3 is 31.5 Å². The fourth-order valence-electron chi connectivity index (χ4n) is 6.13. The molecule has 0 saturated carbocycles. The minimum absolute atomic E-state index is 0.0236. The third kappa shape index (κ3) is 3.72. The van der Waals surface area contributed by atoms with Gasteiger partial charge in [-0.1, -0.05) is 13.0 Å². The smallest absolute Gasteiger partial charge is 0.255 e. The summed E-state index contributed by atoms with van der Waals surface area (Å²) < 4.78 is 0. The van der Waals surface area contributed by atoms with Gasteiger partial charge in [0.1, 0.15) is 22.8 Å². The fourth-order valence-corrected chi connectivity index (χ4v) is 6.13. The van der Waals surface area contributed by atoms with E-state index in [1.54, 1.807) is 20.2 Å². The lowest BCUT2D eigenvalue weighted by Gasteiger charge is -2.50. The number of hydrogen-bond donors (Lipinski definition) is 6. The molecule has 3 aliphatic carbocycles. The van der Waals surface area contributed by atoms with E-state index < -0.39 is 58.0 Å². The van der Waals surface area contributed by atoms with Gasteiger partial charge in [-0.05, 0) is 50.4 Å². The van der Waals surface area contributed by atoms with Crippen molar-refractivity contribution in [2.45, 2.75) is 51.3 Å². The molecule has 198 valence electrons. The van der Waals surface area contributed by atoms with Crippen molar-refractivity contribution in [1.82, 2.24) is 10.2 Å². The molecule has 4 rings (SSSR count). The summed E-state index contributed by atoms with van der Waals surface area (Å²) in [5.74, 6) is -7.18. The Morgan fingerprint density at radius 1 is 1.19 bits per heavy atom. The molecule has 0 fully saturated rings. The highest BCUT2D eigenvalue weighted by molar-refractivity contribution is 6.24. The zero-order valence-corrected chi connectivity index (χ0v) is 21.1. The first-order valence-corrected chi connectivity index (χ1v) is 12.0. The normalized spacial score (nSPS) is 27.1. The molecule has 2 amide bonds. The quantitative estimate of drug-likeness (QED) is 0.301. The summed E-state index contributed by atoms with van der Waals surface area (Å²) >= 11 is 0. The number of aromatic hydroxyl groups is 1. The number of benzene rings is 1. The number of aliphatic hydroxyl groups is 3. The minimum Gasteiger partial charge on any atom is -0.510 e. The van der Waals surface area contributed by atoms with E-state index in [9.17, 15) is 39.6 Å². The maximum absolute atomic E-state index is 13.8. The first-order chi connectivity index (χ1) is 17.3. The largest absolute Gasteiger partial charge is 0.510 e. The summed E-state index contributed by atoms with van der Waals surface area (Å²) in [6.45, 7) is 3.19. The Morgan fingerprint density at radius 2 is 1.84 bits per heavy atom. The van der Waals surface area contributed by atoms with Gasteiger partial charge in [0, 0.05) is 30.5 Å². The van der Waals surface area contributed by atoms with Crippen molar-refractivity contribution in [3.05, 3.63) is 51.0 Å². The van der Waals surface area contributed by atoms with Crippen molar-refractivity contribution >= 4 is 23.4 Å². The third-order valence-electron chi connectivity index (χ3n) is 7.80. The molecule has 0 aromatic heterocycles. The number of aryl methyl sites for hydroxylation is 1. The lowest BCUT2D eigenvalue weighted by molar-refractivity contribution is -0.148. The first kappa shape index (κ1) is 26.4. The Labute approximate surface area is 213 Å². The number of rotatable bonds is 5. The molecule has 7 N–H and O–H groups in total. The highest BCUT2D eigenvalue weighted by atomic mass is 16.3. The van der Waals surface area contributed by atoms with Crippen LogP contribution in [0.2, 0.25) is 0 Å². The van der Waals surface area contributed by atoms with Crippen LogP contribution in [0.1, 0.15) is 47.3 Å². The van der Waals surface area contributed by atoms with E-state index in [0.717, 1.165) is 5.56 Å². The first-order valence-electron chi connectivity index (χ1n) is 12.0. The topological polar surface area (TPSA) is 190 Å². The van der Waals surface area contributed by atoms with Crippen LogP contribution in [-0.2, 0) is 33.8 Å². The second kappa shape index (κ2) is 9.00. The highest BCUT2D eigenvalue weighted by Gasteiger charge is 2.63. The molecule has 0 heterocycles. The Balaban J connectivity index is 1.93. The lowest BCUT2D eigenvalue weighted by atomic mass is 9.58. The van der Waals surface area contributed by atoms with E-state index in [1.165, 1.54) is 11.8 Å². The second-order valence-electron chi connectivity index (χ2n) is 10.1. The molecular weight excluding hydrogens is 482 g/mol. The fraction of sp³-hybridized carbons (Fsp3) is 0.462. The Hall–Kier alpha value is -3.70. The number of carbonyl (C=O) groups excluding carboxylic acids is 4. The number of allylic oxidation sites excluding steroid dienone is 1. The van der Waals surface area contributed by atoms with E-state index in [4.69, 9.17) is 5.73 Å². The maximum atomic E-state index is 13.8. The van der Waals surface area contributed by atoms with E-state index in [-0.39, 0.29) is 42.2 Å². The van der Waals surface area contributed by atoms with Crippen LogP contribution in [0, 0.1) is 11.8 Å². The van der Waals surface area contributed by atoms with Crippen molar-refractivity contribution in [2.75, 3.05) is 14.1 Å². The number of nitrogens with one attached hydrogen (secondary N) is 1. The van der Waals surface area contributed by atoms with Crippen LogP contribution in [0.5, 0.6) is 5.75 Å². The van der Waals surface area contributed by atoms with Gasteiger partial charge in [0.05, 0.1) is 11.6 Å². The average molecular weight is 514 g/mol. The summed E-state index contributed by atoms with van der Waals surface area (Å²) in [6, 6.07) is 0.690. The number of primary amides is 1. The van der Waals surface area contributed by atoms with Crippen LogP contribution >= 0.6 is 0 Å². The number of aliphatic hydroxyl groups excluding tert-OH is 2. The number of likely N-dealkylation sites (N-methyl/N-ethyl adjacent to an activating group) is 1. The van der Waals surface area contributed by atoms with Crippen molar-refractivity contribution in [3.63, 3.8) is 0 Å². The van der Waals surface area contributed by atoms with Gasteiger partial charge in [0.2, 0.25) is 11.7 Å². The number of hydrogen-bond acceptors (Lipinski definition) is 9. The summed E-state index contributed by atoms with van der Waals surface area (Å²) in [5, 5.41) is 47.4. The standard InChI is InChI=1S/C26H31N3O8/c1-5-11-6-13(9-28-10(2)30)20(31)17-14(11)7-12-8-15-19(29(3)4)22(33)18(25(27)36)24(35)26(15,37)23(34)16(12)21(17)32/h6,12,15,19,31,33-34,37H,5,7-9H2,1-4H3,(H2,27,36)(H,28,30). The summed E-state index contributed by atoms with van der Waals surface area (Å²) in [5.41, 5.74) is 3.23. The molecule has 4 unspecified atom stereocenters. The highest BCUT2D eigenvalue weighted by Crippen LogP contribution is 2.52. The summed E-state index contributed by atoms with van der Waals surface area (Å²) in [4.78, 5) is 52.1. The van der Waals surface area contributed by atoms with Crippen LogP contribution in [0.3, 0.4) is 0 Å². The second-order valence-corrected chi connectivity index (χ2v) is 10.1. The predicted molar refractivity (Wildman–Crippen MR) is 131 cm³/mol. The molecule has 11 heteroatoms. The number of ketones is 2. The monoisotopic (exact) mass is 513 g/mol. The van der Waals surface area contributed by atoms with Gasteiger partial charge in [0.15, 0.2) is 11.4 Å². The summed E-state index contributed by atoms with van der Waals surface area (Å²) in [7, 11) is 3.16. The Kier molecular flexibility index (Phi) is 6.41. The molecule has 11 nitrogen and oxygen atoms in total. The molecule has 0 spiro atoms. The number of amides is 2. The zero-order chi connectivity index (χ0) is 27.6. The van der Waals surface area contributed by atoms with Crippen LogP contribution in [0.4, 0.5) is 0 Å². The van der Waals surface area contributed by atoms with Crippen LogP contribution in [0.25, 0.3) is 0 Å². The van der Waals surface area contributed by atoms with Gasteiger partial charge in [-0.15, -0.1) is 0 Å². The van der Waals surface area contributed by atoms with Crippen LogP contribution in [0.15, 0.2) is 28.7 Å². The average Bonchev–Trinajstić information content (AvgIpc) is 2.80. The van der Waals surface area contributed by atoms with Gasteiger partial charge in [-0.25, -0.2) is 0 Å². The van der Waals surface area contributed by atoms with E-state index in [1.807, 2.05) is 6.92 Å². The maximum Gasteiger partial charge on any atom is 0.255 e. The van der Waals surface area contributed by atoms with Crippen molar-refractivity contribution in [1.29, 1.82) is 0 Å². The van der Waals surface area contributed by atoms with Crippen molar-refractivity contribution in [3.8, 4) is 5.75 Å². The molecule has 0 saturated heterocycles. The zero-order valence-electron chi connectivity index (χ0n) is 21.1. The van der Waals surface area contributed by atoms with Gasteiger partial charge in [-0.2, -0.15) is 0 Å². The van der Waals surface area contributed by atoms with E-state index in [0.29, 0.717) is 17.5 Å². The Bertz CT molecular complexity index is 1310. The molecule has 4 atom stereocenters. The third-order valence-corrected chi connectivity index (χ3v) is 7.80. The number of nitrogens with two attached hydrogens (primary N) is 1. The van der Waals surface area contributed by atoms with Crippen molar-refractivity contribution in [2.24, 2.45) is 17.6 Å². The molecule has 1 aromatic rings. The minimum atomic E-state index is -2.68. The van der Waals surface area contributed by atoms with Crippen molar-refractivity contribution < 1.29 is 39.6 Å². The van der Waals surface area contributed by atoms with Gasteiger partial charge in [-0.3, -0.25) is 24.1 Å². The number of carbonyl (C=O) groups is 4. The SMILES string of the molecule is CCc1cc(CNC(C)=O)c(O)c2c1CC1CC3C(N(C)C)C(O)=C(C(N)=O)C(=O)C3(O)C(O)=C1C2=O. The number of phenolic OH excluding ortho intramolecular Hbond substituents is 1. The van der Waals surface area contributed by atoms with Crippen LogP contribution in [-0.4, -0.2) is 74.4 Å². The number of Topliss-reactive ketones (excluding diaryl/α,β-unsaturated/α-hetero) is 2.